The summed E-state index contributed by atoms with van der Waals surface area (Å²) in [6, 6.07) is 14.5. The van der Waals surface area contributed by atoms with Crippen LogP contribution in [-0.4, -0.2) is 23.6 Å². The number of rotatable bonds is 6. The molecule has 0 unspecified atom stereocenters. The van der Waals surface area contributed by atoms with E-state index >= 15 is 0 Å². The fourth-order valence-corrected chi connectivity index (χ4v) is 2.68. The highest BCUT2D eigenvalue weighted by molar-refractivity contribution is 6.09. The Bertz CT molecular complexity index is 905. The van der Waals surface area contributed by atoms with Gasteiger partial charge in [0.05, 0.1) is 18.4 Å². The minimum absolute atomic E-state index is 0.0948. The Morgan fingerprint density at radius 2 is 1.88 bits per heavy atom. The first-order valence-electron chi connectivity index (χ1n) is 8.67. The normalized spacial score (nSPS) is 10.8. The van der Waals surface area contributed by atoms with Crippen LogP contribution < -0.4 is 14.8 Å². The smallest absolute Gasteiger partial charge is 0.255 e. The van der Waals surface area contributed by atoms with Crippen LogP contribution in [0.5, 0.6) is 11.5 Å². The zero-order valence-corrected chi connectivity index (χ0v) is 15.2. The van der Waals surface area contributed by atoms with Gasteiger partial charge < -0.3 is 14.8 Å². The molecule has 0 aliphatic carbocycles. The zero-order valence-electron chi connectivity index (χ0n) is 15.2. The summed E-state index contributed by atoms with van der Waals surface area (Å²) in [5.41, 5.74) is 1.99. The number of hydrogen-bond donors (Lipinski definition) is 1. The van der Waals surface area contributed by atoms with Crippen molar-refractivity contribution in [2.45, 2.75) is 26.9 Å². The Kier molecular flexibility index (Phi) is 5.37. The molecule has 5 nitrogen and oxygen atoms in total. The number of hydrogen-bond acceptors (Lipinski definition) is 4. The van der Waals surface area contributed by atoms with E-state index in [0.29, 0.717) is 23.6 Å². The van der Waals surface area contributed by atoms with Gasteiger partial charge >= 0.3 is 0 Å². The van der Waals surface area contributed by atoms with Crippen LogP contribution in [0, 0.1) is 0 Å². The van der Waals surface area contributed by atoms with Crippen molar-refractivity contribution in [2.75, 3.05) is 11.9 Å². The van der Waals surface area contributed by atoms with E-state index in [2.05, 4.69) is 10.3 Å². The highest BCUT2D eigenvalue weighted by Gasteiger charge is 2.12. The van der Waals surface area contributed by atoms with Gasteiger partial charge in [-0.15, -0.1) is 0 Å². The summed E-state index contributed by atoms with van der Waals surface area (Å²) in [5, 5.41) is 3.79. The van der Waals surface area contributed by atoms with Crippen molar-refractivity contribution in [3.8, 4) is 11.5 Å². The molecule has 0 aliphatic heterocycles. The SMILES string of the molecule is CCOc1ccc(NC(=O)c2ccc(OC(C)C)cc2)c2cccnc12. The van der Waals surface area contributed by atoms with Crippen molar-refractivity contribution in [3.05, 3.63) is 60.3 Å². The van der Waals surface area contributed by atoms with Crippen molar-refractivity contribution in [3.63, 3.8) is 0 Å². The average Bonchev–Trinajstić information content (AvgIpc) is 2.64. The molecule has 1 heterocycles. The number of amides is 1. The molecule has 0 fully saturated rings. The van der Waals surface area contributed by atoms with E-state index in [0.717, 1.165) is 16.7 Å². The molecular weight excluding hydrogens is 328 g/mol. The lowest BCUT2D eigenvalue weighted by atomic mass is 10.1. The summed E-state index contributed by atoms with van der Waals surface area (Å²) < 4.78 is 11.2. The summed E-state index contributed by atoms with van der Waals surface area (Å²) in [6.45, 7) is 6.41. The Hall–Kier alpha value is -3.08. The maximum atomic E-state index is 12.6. The molecule has 1 aromatic heterocycles. The number of carbonyl (C=O) groups is 1. The molecule has 3 aromatic rings. The number of ether oxygens (including phenoxy) is 2. The topological polar surface area (TPSA) is 60.5 Å². The van der Waals surface area contributed by atoms with Crippen molar-refractivity contribution in [1.29, 1.82) is 0 Å². The molecule has 26 heavy (non-hydrogen) atoms. The first-order valence-corrected chi connectivity index (χ1v) is 8.67. The lowest BCUT2D eigenvalue weighted by Gasteiger charge is -2.13. The van der Waals surface area contributed by atoms with E-state index < -0.39 is 0 Å². The van der Waals surface area contributed by atoms with E-state index in [1.165, 1.54) is 0 Å². The Morgan fingerprint density at radius 1 is 1.12 bits per heavy atom. The van der Waals surface area contributed by atoms with E-state index in [1.807, 2.05) is 45.0 Å². The largest absolute Gasteiger partial charge is 0.492 e. The van der Waals surface area contributed by atoms with Gasteiger partial charge in [0.1, 0.15) is 17.0 Å². The number of carbonyl (C=O) groups excluding carboxylic acids is 1. The van der Waals surface area contributed by atoms with Gasteiger partial charge in [-0.2, -0.15) is 0 Å². The summed E-state index contributed by atoms with van der Waals surface area (Å²) in [7, 11) is 0. The molecule has 2 aromatic carbocycles. The van der Waals surface area contributed by atoms with Crippen LogP contribution in [0.25, 0.3) is 10.9 Å². The van der Waals surface area contributed by atoms with E-state index in [9.17, 15) is 4.79 Å². The van der Waals surface area contributed by atoms with E-state index in [4.69, 9.17) is 9.47 Å². The predicted octanol–water partition coefficient (Wildman–Crippen LogP) is 4.67. The van der Waals surface area contributed by atoms with Gasteiger partial charge in [0.25, 0.3) is 5.91 Å². The number of benzene rings is 2. The van der Waals surface area contributed by atoms with Crippen LogP contribution in [0.3, 0.4) is 0 Å². The van der Waals surface area contributed by atoms with E-state index in [-0.39, 0.29) is 12.0 Å². The second kappa shape index (κ2) is 7.87. The maximum absolute atomic E-state index is 12.6. The van der Waals surface area contributed by atoms with Gasteiger partial charge in [0.2, 0.25) is 0 Å². The Labute approximate surface area is 153 Å². The summed E-state index contributed by atoms with van der Waals surface area (Å²) in [5.74, 6) is 1.26. The van der Waals surface area contributed by atoms with Crippen LogP contribution in [0.2, 0.25) is 0 Å². The van der Waals surface area contributed by atoms with Gasteiger partial charge in [-0.1, -0.05) is 0 Å². The van der Waals surface area contributed by atoms with Crippen molar-refractivity contribution in [2.24, 2.45) is 0 Å². The van der Waals surface area contributed by atoms with Gasteiger partial charge in [0, 0.05) is 17.1 Å². The van der Waals surface area contributed by atoms with Gasteiger partial charge in [-0.3, -0.25) is 9.78 Å². The first-order chi connectivity index (χ1) is 12.6. The third kappa shape index (κ3) is 3.94. The minimum atomic E-state index is -0.185. The first kappa shape index (κ1) is 17.7. The molecule has 1 amide bonds. The molecular formula is C21H22N2O3. The molecule has 0 saturated heterocycles. The molecule has 0 radical (unpaired) electrons. The lowest BCUT2D eigenvalue weighted by Crippen LogP contribution is -2.12. The standard InChI is InChI=1S/C21H22N2O3/c1-4-25-19-12-11-18(17-6-5-13-22-20(17)19)23-21(24)15-7-9-16(10-8-15)26-14(2)3/h5-14H,4H2,1-3H3,(H,23,24). The number of nitrogens with one attached hydrogen (secondary N) is 1. The molecule has 134 valence electrons. The van der Waals surface area contributed by atoms with Crippen LogP contribution in [-0.2, 0) is 0 Å². The van der Waals surface area contributed by atoms with Gasteiger partial charge in [0.15, 0.2) is 0 Å². The third-order valence-electron chi connectivity index (χ3n) is 3.77. The van der Waals surface area contributed by atoms with Crippen LogP contribution in [0.4, 0.5) is 5.69 Å². The van der Waals surface area contributed by atoms with Crippen LogP contribution in [0.15, 0.2) is 54.7 Å². The monoisotopic (exact) mass is 350 g/mol. The maximum Gasteiger partial charge on any atom is 0.255 e. The fourth-order valence-electron chi connectivity index (χ4n) is 2.68. The number of anilines is 1. The highest BCUT2D eigenvalue weighted by atomic mass is 16.5. The molecule has 0 spiro atoms. The second-order valence-electron chi connectivity index (χ2n) is 6.09. The van der Waals surface area contributed by atoms with Crippen LogP contribution in [0.1, 0.15) is 31.1 Å². The Morgan fingerprint density at radius 3 is 2.58 bits per heavy atom. The molecule has 0 bridgehead atoms. The van der Waals surface area contributed by atoms with Crippen LogP contribution >= 0.6 is 0 Å². The Balaban J connectivity index is 1.84. The predicted molar refractivity (Wildman–Crippen MR) is 103 cm³/mol. The number of fused-ring (bicyclic) bond motifs is 1. The van der Waals surface area contributed by atoms with Crippen molar-refractivity contribution < 1.29 is 14.3 Å². The van der Waals surface area contributed by atoms with Gasteiger partial charge in [-0.05, 0) is 69.3 Å². The lowest BCUT2D eigenvalue weighted by molar-refractivity contribution is 0.102. The molecule has 1 N–H and O–H groups in total. The average molecular weight is 350 g/mol. The highest BCUT2D eigenvalue weighted by Crippen LogP contribution is 2.30. The number of nitrogens with zero attached hydrogens (tertiary/aromatic N) is 1. The third-order valence-corrected chi connectivity index (χ3v) is 3.77. The molecule has 3 rings (SSSR count). The number of pyridine rings is 1. The quantitative estimate of drug-likeness (QED) is 0.701. The summed E-state index contributed by atoms with van der Waals surface area (Å²) >= 11 is 0. The van der Waals surface area contributed by atoms with Gasteiger partial charge in [-0.25, -0.2) is 0 Å². The number of aromatic nitrogens is 1. The second-order valence-corrected chi connectivity index (χ2v) is 6.09. The fraction of sp³-hybridized carbons (Fsp3) is 0.238. The summed E-state index contributed by atoms with van der Waals surface area (Å²) in [4.78, 5) is 17.0. The summed E-state index contributed by atoms with van der Waals surface area (Å²) in [6.07, 6.45) is 1.81. The molecule has 0 saturated carbocycles. The van der Waals surface area contributed by atoms with E-state index in [1.54, 1.807) is 30.5 Å². The molecule has 5 heteroatoms. The minimum Gasteiger partial charge on any atom is -0.492 e. The zero-order chi connectivity index (χ0) is 18.5. The van der Waals surface area contributed by atoms with Crippen molar-refractivity contribution in [1.82, 2.24) is 4.98 Å². The van der Waals surface area contributed by atoms with Crippen molar-refractivity contribution >= 4 is 22.5 Å². The molecule has 0 aliphatic rings. The molecule has 0 atom stereocenters.